The van der Waals surface area contributed by atoms with Crippen molar-refractivity contribution in [1.82, 2.24) is 15.2 Å². The molecule has 0 aromatic carbocycles. The van der Waals surface area contributed by atoms with Gasteiger partial charge in [-0.1, -0.05) is 17.7 Å². The lowest BCUT2D eigenvalue weighted by Crippen LogP contribution is -2.53. The molecule has 2 fully saturated rings. The number of amides is 1. The minimum atomic E-state index is -0.236. The van der Waals surface area contributed by atoms with Crippen LogP contribution in [0.25, 0.3) is 0 Å². The van der Waals surface area contributed by atoms with Gasteiger partial charge < -0.3 is 10.1 Å². The molecule has 0 bridgehead atoms. The van der Waals surface area contributed by atoms with Gasteiger partial charge in [-0.15, -0.1) is 0 Å². The van der Waals surface area contributed by atoms with Gasteiger partial charge in [-0.3, -0.25) is 9.69 Å². The van der Waals surface area contributed by atoms with Crippen molar-refractivity contribution in [1.29, 1.82) is 0 Å². The van der Waals surface area contributed by atoms with E-state index in [0.717, 1.165) is 24.9 Å². The Morgan fingerprint density at radius 2 is 2.40 bits per heavy atom. The fourth-order valence-corrected chi connectivity index (χ4v) is 2.53. The molecule has 1 amide bonds. The van der Waals surface area contributed by atoms with Crippen LogP contribution >= 0.6 is 11.6 Å². The average molecular weight is 296 g/mol. The molecule has 0 radical (unpaired) electrons. The summed E-state index contributed by atoms with van der Waals surface area (Å²) in [5, 5.41) is 3.55. The van der Waals surface area contributed by atoms with Crippen molar-refractivity contribution >= 4 is 17.5 Å². The van der Waals surface area contributed by atoms with E-state index in [0.29, 0.717) is 31.0 Å². The quantitative estimate of drug-likeness (QED) is 0.849. The fourth-order valence-electron chi connectivity index (χ4n) is 2.35. The highest BCUT2D eigenvalue weighted by Crippen LogP contribution is 2.21. The molecular formula is C14H18ClN3O2. The van der Waals surface area contributed by atoms with E-state index in [4.69, 9.17) is 16.3 Å². The predicted octanol–water partition coefficient (Wildman–Crippen LogP) is 1.21. The van der Waals surface area contributed by atoms with Crippen molar-refractivity contribution < 1.29 is 9.53 Å². The van der Waals surface area contributed by atoms with Crippen LogP contribution in [0.4, 0.5) is 0 Å². The molecular weight excluding hydrogens is 278 g/mol. The van der Waals surface area contributed by atoms with Crippen LogP contribution in [0.5, 0.6) is 0 Å². The minimum Gasteiger partial charge on any atom is -0.378 e. The number of hydrogen-bond donors (Lipinski definition) is 1. The zero-order chi connectivity index (χ0) is 13.9. The highest BCUT2D eigenvalue weighted by atomic mass is 35.5. The smallest absolute Gasteiger partial charge is 0.239 e. The molecule has 1 saturated heterocycles. The van der Waals surface area contributed by atoms with E-state index in [1.54, 1.807) is 6.20 Å². The van der Waals surface area contributed by atoms with E-state index in [2.05, 4.69) is 15.2 Å². The molecule has 1 aromatic heterocycles. The summed E-state index contributed by atoms with van der Waals surface area (Å²) in [6.07, 6.45) is 3.85. The number of aromatic nitrogens is 1. The predicted molar refractivity (Wildman–Crippen MR) is 75.4 cm³/mol. The van der Waals surface area contributed by atoms with Crippen LogP contribution in [0, 0.1) is 0 Å². The zero-order valence-corrected chi connectivity index (χ0v) is 12.0. The van der Waals surface area contributed by atoms with Crippen molar-refractivity contribution in [3.8, 4) is 0 Å². The Hall–Kier alpha value is -1.17. The molecule has 1 N–H and O–H groups in total. The second kappa shape index (κ2) is 6.08. The zero-order valence-electron chi connectivity index (χ0n) is 11.2. The maximum Gasteiger partial charge on any atom is 0.239 e. The summed E-state index contributed by atoms with van der Waals surface area (Å²) in [5.41, 5.74) is 0.945. The molecule has 0 spiro atoms. The summed E-state index contributed by atoms with van der Waals surface area (Å²) in [6, 6.07) is 3.94. The summed E-state index contributed by atoms with van der Waals surface area (Å²) in [6.45, 7) is 2.44. The number of ether oxygens (including phenoxy) is 1. The van der Waals surface area contributed by atoms with Gasteiger partial charge in [0.25, 0.3) is 0 Å². The third-order valence-electron chi connectivity index (χ3n) is 3.68. The van der Waals surface area contributed by atoms with Crippen LogP contribution in [-0.4, -0.2) is 47.6 Å². The summed E-state index contributed by atoms with van der Waals surface area (Å²) >= 11 is 6.10. The molecule has 2 aliphatic rings. The first kappa shape index (κ1) is 13.8. The third kappa shape index (κ3) is 3.29. The molecule has 2 heterocycles. The second-order valence-electron chi connectivity index (χ2n) is 5.30. The van der Waals surface area contributed by atoms with Crippen molar-refractivity contribution in [2.75, 3.05) is 19.8 Å². The maximum atomic E-state index is 12.3. The summed E-state index contributed by atoms with van der Waals surface area (Å²) in [5.74, 6) is 0.0622. The molecule has 5 nitrogen and oxygen atoms in total. The molecule has 1 aliphatic carbocycles. The number of pyridine rings is 1. The first-order chi connectivity index (χ1) is 9.74. The first-order valence-electron chi connectivity index (χ1n) is 6.95. The van der Waals surface area contributed by atoms with Gasteiger partial charge in [-0.25, -0.2) is 4.98 Å². The van der Waals surface area contributed by atoms with Crippen LogP contribution < -0.4 is 5.32 Å². The van der Waals surface area contributed by atoms with Gasteiger partial charge in [0.1, 0.15) is 11.2 Å². The Bertz CT molecular complexity index is 493. The number of carbonyl (C=O) groups excluding carboxylic acids is 1. The van der Waals surface area contributed by atoms with Crippen LogP contribution in [-0.2, 0) is 16.1 Å². The normalized spacial score (nSPS) is 23.6. The number of hydrogen-bond acceptors (Lipinski definition) is 4. The number of carbonyl (C=O) groups is 1. The van der Waals surface area contributed by atoms with Crippen molar-refractivity contribution in [3.05, 3.63) is 29.0 Å². The monoisotopic (exact) mass is 295 g/mol. The van der Waals surface area contributed by atoms with Crippen LogP contribution in [0.15, 0.2) is 18.3 Å². The topological polar surface area (TPSA) is 54.5 Å². The largest absolute Gasteiger partial charge is 0.378 e. The molecule has 3 rings (SSSR count). The summed E-state index contributed by atoms with van der Waals surface area (Å²) in [4.78, 5) is 18.4. The van der Waals surface area contributed by atoms with Crippen molar-refractivity contribution in [3.63, 3.8) is 0 Å². The van der Waals surface area contributed by atoms with Gasteiger partial charge in [0.15, 0.2) is 0 Å². The highest BCUT2D eigenvalue weighted by Gasteiger charge is 2.33. The lowest BCUT2D eigenvalue weighted by atomic mass is 10.1. The standard InChI is InChI=1S/C14H18ClN3O2/c15-13-10(2-1-5-16-13)8-18-6-7-20-9-12(18)14(19)17-11-3-4-11/h1-2,5,11-12H,3-4,6-9H2,(H,17,19). The Morgan fingerprint density at radius 3 is 3.15 bits per heavy atom. The highest BCUT2D eigenvalue weighted by molar-refractivity contribution is 6.30. The SMILES string of the molecule is O=C(NC1CC1)C1COCCN1Cc1cccnc1Cl. The van der Waals surface area contributed by atoms with E-state index in [9.17, 15) is 4.79 Å². The molecule has 1 saturated carbocycles. The van der Waals surface area contributed by atoms with Crippen LogP contribution in [0.3, 0.4) is 0 Å². The molecule has 20 heavy (non-hydrogen) atoms. The number of nitrogens with one attached hydrogen (secondary N) is 1. The van der Waals surface area contributed by atoms with Crippen molar-refractivity contribution in [2.24, 2.45) is 0 Å². The molecule has 108 valence electrons. The minimum absolute atomic E-state index is 0.0622. The fraction of sp³-hybridized carbons (Fsp3) is 0.571. The number of nitrogens with zero attached hydrogens (tertiary/aromatic N) is 2. The van der Waals surface area contributed by atoms with Crippen LogP contribution in [0.2, 0.25) is 5.15 Å². The van der Waals surface area contributed by atoms with Gasteiger partial charge in [0, 0.05) is 30.9 Å². The lowest BCUT2D eigenvalue weighted by Gasteiger charge is -2.34. The van der Waals surface area contributed by atoms with Gasteiger partial charge >= 0.3 is 0 Å². The van der Waals surface area contributed by atoms with Gasteiger partial charge in [-0.05, 0) is 18.9 Å². The van der Waals surface area contributed by atoms with Gasteiger partial charge in [0.2, 0.25) is 5.91 Å². The Labute approximate surface area is 123 Å². The van der Waals surface area contributed by atoms with Gasteiger partial charge in [-0.2, -0.15) is 0 Å². The summed E-state index contributed by atoms with van der Waals surface area (Å²) < 4.78 is 5.45. The molecule has 1 aliphatic heterocycles. The van der Waals surface area contributed by atoms with Crippen molar-refractivity contribution in [2.45, 2.75) is 31.5 Å². The molecule has 1 aromatic rings. The molecule has 1 atom stereocenters. The van der Waals surface area contributed by atoms with E-state index < -0.39 is 0 Å². The van der Waals surface area contributed by atoms with E-state index in [1.165, 1.54) is 0 Å². The van der Waals surface area contributed by atoms with Crippen LogP contribution in [0.1, 0.15) is 18.4 Å². The Morgan fingerprint density at radius 1 is 1.55 bits per heavy atom. The van der Waals surface area contributed by atoms with Gasteiger partial charge in [0.05, 0.1) is 13.2 Å². The molecule has 1 unspecified atom stereocenters. The average Bonchev–Trinajstić information content (AvgIpc) is 3.26. The summed E-state index contributed by atoms with van der Waals surface area (Å²) in [7, 11) is 0. The Balaban J connectivity index is 1.68. The third-order valence-corrected chi connectivity index (χ3v) is 4.02. The second-order valence-corrected chi connectivity index (χ2v) is 5.66. The number of halogens is 1. The van der Waals surface area contributed by atoms with E-state index in [1.807, 2.05) is 12.1 Å². The van der Waals surface area contributed by atoms with E-state index >= 15 is 0 Å². The lowest BCUT2D eigenvalue weighted by molar-refractivity contribution is -0.133. The Kier molecular flexibility index (Phi) is 4.19. The number of rotatable bonds is 4. The molecule has 6 heteroatoms. The maximum absolute atomic E-state index is 12.3. The number of morpholine rings is 1. The first-order valence-corrected chi connectivity index (χ1v) is 7.33. The van der Waals surface area contributed by atoms with E-state index in [-0.39, 0.29) is 11.9 Å².